The van der Waals surface area contributed by atoms with Crippen LogP contribution in [0.3, 0.4) is 0 Å². The monoisotopic (exact) mass is 468 g/mol. The molecule has 1 aromatic carbocycles. The molecule has 0 aliphatic heterocycles. The van der Waals surface area contributed by atoms with Crippen LogP contribution in [-0.2, 0) is 11.0 Å². The molecule has 0 N–H and O–H groups in total. The van der Waals surface area contributed by atoms with Crippen molar-refractivity contribution < 1.29 is 4.43 Å². The second kappa shape index (κ2) is 7.74. The Hall–Kier alpha value is 0.607. The quantitative estimate of drug-likeness (QED) is 0.331. The van der Waals surface area contributed by atoms with E-state index in [1.54, 1.807) is 0 Å². The number of halogens is 2. The molecule has 4 heteroatoms. The fourth-order valence-electron chi connectivity index (χ4n) is 3.36. The van der Waals surface area contributed by atoms with Crippen LogP contribution in [0.5, 0.6) is 0 Å². The Kier molecular flexibility index (Phi) is 7.22. The molecule has 1 rings (SSSR count). The van der Waals surface area contributed by atoms with Crippen molar-refractivity contribution in [2.75, 3.05) is 0 Å². The van der Waals surface area contributed by atoms with Crippen molar-refractivity contribution in [2.24, 2.45) is 0 Å². The molecule has 0 bridgehead atoms. The molecule has 0 unspecified atom stereocenters. The summed E-state index contributed by atoms with van der Waals surface area (Å²) in [5.74, 6) is 0. The minimum absolute atomic E-state index is 0.629. The lowest BCUT2D eigenvalue weighted by Gasteiger charge is -2.42. The molecule has 0 amide bonds. The predicted octanol–water partition coefficient (Wildman–Crippen LogP) is 6.75. The molecule has 0 atom stereocenters. The van der Waals surface area contributed by atoms with Crippen LogP contribution in [0.4, 0.5) is 0 Å². The van der Waals surface area contributed by atoms with Crippen LogP contribution in [0, 0.1) is 3.57 Å². The maximum atomic E-state index is 6.64. The first-order chi connectivity index (χ1) is 9.21. The Morgan fingerprint density at radius 3 is 2.00 bits per heavy atom. The zero-order valence-corrected chi connectivity index (χ0v) is 18.1. The molecule has 1 nitrogen and oxygen atoms in total. The summed E-state index contributed by atoms with van der Waals surface area (Å²) in [5, 5.41) is 0. The van der Waals surface area contributed by atoms with E-state index in [2.05, 4.69) is 98.3 Å². The predicted molar refractivity (Wildman–Crippen MR) is 103 cm³/mol. The third-order valence-corrected chi connectivity index (χ3v) is 11.7. The third kappa shape index (κ3) is 4.08. The van der Waals surface area contributed by atoms with Gasteiger partial charge in [0.1, 0.15) is 0 Å². The van der Waals surface area contributed by atoms with Crippen LogP contribution in [-0.4, -0.2) is 8.32 Å². The Morgan fingerprint density at radius 1 is 1.05 bits per heavy atom. The summed E-state index contributed by atoms with van der Waals surface area (Å²) in [6, 6.07) is 6.45. The maximum absolute atomic E-state index is 6.64. The first-order valence-corrected chi connectivity index (χ1v) is 11.3. The van der Waals surface area contributed by atoms with Crippen molar-refractivity contribution in [3.63, 3.8) is 0 Å². The van der Waals surface area contributed by atoms with Crippen LogP contribution in [0.1, 0.15) is 47.1 Å². The Bertz CT molecular complexity index is 424. The van der Waals surface area contributed by atoms with Crippen molar-refractivity contribution in [1.82, 2.24) is 0 Å². The highest BCUT2D eigenvalue weighted by Crippen LogP contribution is 2.43. The zero-order chi connectivity index (χ0) is 15.5. The standard InChI is InChI=1S/C16H26BrIOSi/c1-11(2)20(12(3)4,13(5)6)19-10-14-9-15(18)7-8-16(14)17/h7-9,11-13H,10H2,1-6H3. The minimum Gasteiger partial charge on any atom is -0.412 e. The molecule has 20 heavy (non-hydrogen) atoms. The Morgan fingerprint density at radius 2 is 1.55 bits per heavy atom. The van der Waals surface area contributed by atoms with Gasteiger partial charge in [-0.1, -0.05) is 57.5 Å². The largest absolute Gasteiger partial charge is 0.412 e. The molecular formula is C16H26BrIOSi. The van der Waals surface area contributed by atoms with E-state index in [1.165, 1.54) is 9.13 Å². The summed E-state index contributed by atoms with van der Waals surface area (Å²) in [7, 11) is -1.77. The molecule has 0 heterocycles. The lowest BCUT2D eigenvalue weighted by molar-refractivity contribution is 0.265. The van der Waals surface area contributed by atoms with Gasteiger partial charge >= 0.3 is 0 Å². The van der Waals surface area contributed by atoms with Gasteiger partial charge in [0.15, 0.2) is 0 Å². The van der Waals surface area contributed by atoms with E-state index in [1.807, 2.05) is 0 Å². The van der Waals surface area contributed by atoms with E-state index < -0.39 is 8.32 Å². The fraction of sp³-hybridized carbons (Fsp3) is 0.625. The fourth-order valence-corrected chi connectivity index (χ4v) is 9.68. The molecule has 0 spiro atoms. The second-order valence-electron chi connectivity index (χ2n) is 6.34. The SMILES string of the molecule is CC(C)[Si](OCc1cc(I)ccc1Br)(C(C)C)C(C)C. The molecule has 0 aliphatic rings. The normalized spacial score (nSPS) is 12.8. The van der Waals surface area contributed by atoms with E-state index >= 15 is 0 Å². The molecule has 0 saturated carbocycles. The van der Waals surface area contributed by atoms with Crippen LogP contribution in [0.2, 0.25) is 16.6 Å². The maximum Gasteiger partial charge on any atom is 0.200 e. The van der Waals surface area contributed by atoms with Gasteiger partial charge in [0.25, 0.3) is 0 Å². The first kappa shape index (κ1) is 18.7. The smallest absolute Gasteiger partial charge is 0.200 e. The lowest BCUT2D eigenvalue weighted by Crippen LogP contribution is -2.47. The van der Waals surface area contributed by atoms with Gasteiger partial charge in [0.2, 0.25) is 8.32 Å². The highest BCUT2D eigenvalue weighted by atomic mass is 127. The molecule has 0 saturated heterocycles. The number of benzene rings is 1. The molecular weight excluding hydrogens is 443 g/mol. The highest BCUT2D eigenvalue weighted by molar-refractivity contribution is 14.1. The topological polar surface area (TPSA) is 9.23 Å². The molecule has 1 aromatic rings. The van der Waals surface area contributed by atoms with Gasteiger partial charge in [0, 0.05) is 8.04 Å². The van der Waals surface area contributed by atoms with Gasteiger partial charge in [-0.15, -0.1) is 0 Å². The second-order valence-corrected chi connectivity index (χ2v) is 13.9. The average molecular weight is 469 g/mol. The number of rotatable bonds is 6. The van der Waals surface area contributed by atoms with Crippen LogP contribution in [0.25, 0.3) is 0 Å². The summed E-state index contributed by atoms with van der Waals surface area (Å²) in [6.45, 7) is 14.7. The van der Waals surface area contributed by atoms with Crippen LogP contribution in [0.15, 0.2) is 22.7 Å². The molecule has 114 valence electrons. The Balaban J connectivity index is 3.00. The van der Waals surface area contributed by atoms with Gasteiger partial charge in [-0.25, -0.2) is 0 Å². The van der Waals surface area contributed by atoms with Crippen molar-refractivity contribution >= 4 is 46.8 Å². The average Bonchev–Trinajstić information content (AvgIpc) is 2.32. The summed E-state index contributed by atoms with van der Waals surface area (Å²) >= 11 is 6.00. The summed E-state index contributed by atoms with van der Waals surface area (Å²) in [5.41, 5.74) is 3.15. The van der Waals surface area contributed by atoms with Crippen molar-refractivity contribution in [3.05, 3.63) is 31.8 Å². The van der Waals surface area contributed by atoms with Crippen molar-refractivity contribution in [1.29, 1.82) is 0 Å². The van der Waals surface area contributed by atoms with E-state index in [-0.39, 0.29) is 0 Å². The van der Waals surface area contributed by atoms with Crippen molar-refractivity contribution in [2.45, 2.75) is 64.8 Å². The molecule has 0 aliphatic carbocycles. The van der Waals surface area contributed by atoms with Gasteiger partial charge in [-0.2, -0.15) is 0 Å². The van der Waals surface area contributed by atoms with E-state index in [0.29, 0.717) is 16.6 Å². The summed E-state index contributed by atoms with van der Waals surface area (Å²) in [6.07, 6.45) is 0. The van der Waals surface area contributed by atoms with E-state index in [0.717, 1.165) is 11.1 Å². The first-order valence-electron chi connectivity index (χ1n) is 7.29. The Labute approximate surface area is 147 Å². The van der Waals surface area contributed by atoms with E-state index in [9.17, 15) is 0 Å². The summed E-state index contributed by atoms with van der Waals surface area (Å²) in [4.78, 5) is 0. The zero-order valence-electron chi connectivity index (χ0n) is 13.3. The van der Waals surface area contributed by atoms with Gasteiger partial charge in [-0.05, 0) is 63.0 Å². The van der Waals surface area contributed by atoms with Crippen molar-refractivity contribution in [3.8, 4) is 0 Å². The van der Waals surface area contributed by atoms with Crippen LogP contribution >= 0.6 is 38.5 Å². The molecule has 0 fully saturated rings. The lowest BCUT2D eigenvalue weighted by atomic mass is 10.2. The third-order valence-electron chi connectivity index (χ3n) is 4.19. The summed E-state index contributed by atoms with van der Waals surface area (Å²) < 4.78 is 9.05. The minimum atomic E-state index is -1.77. The number of hydrogen-bond acceptors (Lipinski definition) is 1. The van der Waals surface area contributed by atoms with Crippen LogP contribution < -0.4 is 0 Å². The highest BCUT2D eigenvalue weighted by Gasteiger charge is 2.44. The van der Waals surface area contributed by atoms with Gasteiger partial charge in [-0.3, -0.25) is 0 Å². The van der Waals surface area contributed by atoms with Gasteiger partial charge < -0.3 is 4.43 Å². The molecule has 0 aromatic heterocycles. The molecule has 0 radical (unpaired) electrons. The number of hydrogen-bond donors (Lipinski definition) is 0. The van der Waals surface area contributed by atoms with Gasteiger partial charge in [0.05, 0.1) is 6.61 Å². The van der Waals surface area contributed by atoms with E-state index in [4.69, 9.17) is 4.43 Å².